The maximum atomic E-state index is 13.4. The molecule has 0 aliphatic heterocycles. The van der Waals surface area contributed by atoms with Crippen molar-refractivity contribution < 1.29 is 9.59 Å². The van der Waals surface area contributed by atoms with E-state index in [1.54, 1.807) is 0 Å². The van der Waals surface area contributed by atoms with Crippen molar-refractivity contribution in [3.63, 3.8) is 0 Å². The molecule has 1 N–H and O–H groups in total. The third-order valence-electron chi connectivity index (χ3n) is 4.87. The maximum absolute atomic E-state index is 13.4. The molecule has 1 atom stereocenters. The number of rotatable bonds is 6. The van der Waals surface area contributed by atoms with Gasteiger partial charge in [-0.1, -0.05) is 51.1 Å². The Morgan fingerprint density at radius 2 is 1.66 bits per heavy atom. The highest BCUT2D eigenvalue weighted by Crippen LogP contribution is 2.32. The summed E-state index contributed by atoms with van der Waals surface area (Å²) in [4.78, 5) is 28.8. The predicted molar refractivity (Wildman–Crippen MR) is 120 cm³/mol. The molecule has 0 saturated carbocycles. The fourth-order valence-electron chi connectivity index (χ4n) is 3.34. The molecule has 0 saturated heterocycles. The van der Waals surface area contributed by atoms with Crippen LogP contribution in [0.15, 0.2) is 48.5 Å². The highest BCUT2D eigenvalue weighted by molar-refractivity contribution is 5.89. The number of nitrogens with zero attached hydrogens (tertiary/aromatic N) is 2. The first kappa shape index (κ1) is 22.5. The van der Waals surface area contributed by atoms with E-state index in [4.69, 9.17) is 0 Å². The summed E-state index contributed by atoms with van der Waals surface area (Å²) in [7, 11) is 3.96. The van der Waals surface area contributed by atoms with Crippen molar-refractivity contribution in [2.45, 2.75) is 47.2 Å². The Balaban J connectivity index is 2.49. The molecule has 0 heterocycles. The second-order valence-corrected chi connectivity index (χ2v) is 8.69. The fraction of sp³-hybridized carbons (Fsp3) is 0.417. The average molecular weight is 396 g/mol. The molecule has 0 aromatic heterocycles. The monoisotopic (exact) mass is 395 g/mol. The molecule has 0 fully saturated rings. The summed E-state index contributed by atoms with van der Waals surface area (Å²) in [5.74, 6) is -0.0303. The SMILES string of the molecule is CC(=O)Nc1ccc(N(C)C)c(CN(C(=O)C(C)(C)C)C(C)c2ccccc2)c1. The van der Waals surface area contributed by atoms with Gasteiger partial charge in [0.05, 0.1) is 6.04 Å². The predicted octanol–water partition coefficient (Wildman–Crippen LogP) is 4.85. The summed E-state index contributed by atoms with van der Waals surface area (Å²) in [5, 5.41) is 2.84. The summed E-state index contributed by atoms with van der Waals surface area (Å²) in [6.07, 6.45) is 0. The van der Waals surface area contributed by atoms with E-state index >= 15 is 0 Å². The van der Waals surface area contributed by atoms with Crippen LogP contribution in [0.3, 0.4) is 0 Å². The molecule has 0 aliphatic carbocycles. The van der Waals surface area contributed by atoms with Crippen molar-refractivity contribution in [2.24, 2.45) is 5.41 Å². The Morgan fingerprint density at radius 1 is 1.03 bits per heavy atom. The molecule has 29 heavy (non-hydrogen) atoms. The number of benzene rings is 2. The van der Waals surface area contributed by atoms with Crippen LogP contribution >= 0.6 is 0 Å². The first-order chi connectivity index (χ1) is 13.5. The molecule has 2 aromatic rings. The number of carbonyl (C=O) groups excluding carboxylic acids is 2. The molecule has 0 aliphatic rings. The smallest absolute Gasteiger partial charge is 0.228 e. The van der Waals surface area contributed by atoms with Crippen LogP contribution in [0.2, 0.25) is 0 Å². The lowest BCUT2D eigenvalue weighted by molar-refractivity contribution is -0.142. The Hall–Kier alpha value is -2.82. The summed E-state index contributed by atoms with van der Waals surface area (Å²) in [6, 6.07) is 15.8. The van der Waals surface area contributed by atoms with E-state index in [1.807, 2.05) is 93.2 Å². The Morgan fingerprint density at radius 3 is 2.17 bits per heavy atom. The van der Waals surface area contributed by atoms with E-state index < -0.39 is 5.41 Å². The van der Waals surface area contributed by atoms with Crippen molar-refractivity contribution in [2.75, 3.05) is 24.3 Å². The summed E-state index contributed by atoms with van der Waals surface area (Å²) >= 11 is 0. The second-order valence-electron chi connectivity index (χ2n) is 8.69. The van der Waals surface area contributed by atoms with Gasteiger partial charge in [0.25, 0.3) is 0 Å². The number of carbonyl (C=O) groups is 2. The molecular weight excluding hydrogens is 362 g/mol. The van der Waals surface area contributed by atoms with Crippen molar-refractivity contribution in [3.05, 3.63) is 59.7 Å². The second kappa shape index (κ2) is 9.12. The minimum absolute atomic E-state index is 0.0811. The third-order valence-corrected chi connectivity index (χ3v) is 4.87. The van der Waals surface area contributed by atoms with Crippen molar-refractivity contribution in [1.82, 2.24) is 4.90 Å². The number of hydrogen-bond acceptors (Lipinski definition) is 3. The van der Waals surface area contributed by atoms with Crippen LogP contribution in [0, 0.1) is 5.41 Å². The summed E-state index contributed by atoms with van der Waals surface area (Å²) in [6.45, 7) is 9.84. The summed E-state index contributed by atoms with van der Waals surface area (Å²) < 4.78 is 0. The molecule has 2 aromatic carbocycles. The van der Waals surface area contributed by atoms with Gasteiger partial charge in [-0.05, 0) is 36.2 Å². The first-order valence-electron chi connectivity index (χ1n) is 9.94. The molecule has 5 heteroatoms. The minimum Gasteiger partial charge on any atom is -0.377 e. The van der Waals surface area contributed by atoms with Gasteiger partial charge in [0.2, 0.25) is 11.8 Å². The molecule has 0 radical (unpaired) electrons. The Bertz CT molecular complexity index is 854. The van der Waals surface area contributed by atoms with E-state index in [0.29, 0.717) is 6.54 Å². The van der Waals surface area contributed by atoms with Gasteiger partial charge < -0.3 is 15.1 Å². The first-order valence-corrected chi connectivity index (χ1v) is 9.94. The molecule has 1 unspecified atom stereocenters. The zero-order valence-corrected chi connectivity index (χ0v) is 18.6. The van der Waals surface area contributed by atoms with Crippen LogP contribution in [-0.2, 0) is 16.1 Å². The van der Waals surface area contributed by atoms with Crippen LogP contribution in [0.4, 0.5) is 11.4 Å². The normalized spacial score (nSPS) is 12.2. The minimum atomic E-state index is -0.503. The van der Waals surface area contributed by atoms with Gasteiger partial charge >= 0.3 is 0 Å². The average Bonchev–Trinajstić information content (AvgIpc) is 2.64. The fourth-order valence-corrected chi connectivity index (χ4v) is 3.34. The van der Waals surface area contributed by atoms with Gasteiger partial charge in [-0.25, -0.2) is 0 Å². The van der Waals surface area contributed by atoms with E-state index in [9.17, 15) is 9.59 Å². The van der Waals surface area contributed by atoms with E-state index in [-0.39, 0.29) is 17.9 Å². The van der Waals surface area contributed by atoms with E-state index in [0.717, 1.165) is 22.5 Å². The zero-order chi connectivity index (χ0) is 21.8. The van der Waals surface area contributed by atoms with Crippen LogP contribution in [0.5, 0.6) is 0 Å². The number of anilines is 2. The topological polar surface area (TPSA) is 52.7 Å². The van der Waals surface area contributed by atoms with Gasteiger partial charge in [-0.3, -0.25) is 9.59 Å². The van der Waals surface area contributed by atoms with Gasteiger partial charge in [-0.2, -0.15) is 0 Å². The van der Waals surface area contributed by atoms with E-state index in [2.05, 4.69) is 12.2 Å². The lowest BCUT2D eigenvalue weighted by atomic mass is 9.92. The van der Waals surface area contributed by atoms with Crippen LogP contribution in [0.1, 0.15) is 51.8 Å². The maximum Gasteiger partial charge on any atom is 0.228 e. The van der Waals surface area contributed by atoms with Gasteiger partial charge in [0.1, 0.15) is 0 Å². The van der Waals surface area contributed by atoms with Crippen molar-refractivity contribution in [3.8, 4) is 0 Å². The standard InChI is InChI=1S/C24H33N3O2/c1-17(19-11-9-8-10-12-19)27(23(29)24(3,4)5)16-20-15-21(25-18(2)28)13-14-22(20)26(6)7/h8-15,17H,16H2,1-7H3,(H,25,28). The number of nitrogens with one attached hydrogen (secondary N) is 1. The highest BCUT2D eigenvalue weighted by Gasteiger charge is 2.31. The Labute approximate surface area is 174 Å². The number of hydrogen-bond donors (Lipinski definition) is 1. The third kappa shape index (κ3) is 5.83. The summed E-state index contributed by atoms with van der Waals surface area (Å²) in [5.41, 5.74) is 3.33. The molecule has 0 spiro atoms. The van der Waals surface area contributed by atoms with Gasteiger partial charge in [0, 0.05) is 44.4 Å². The molecule has 0 bridgehead atoms. The zero-order valence-electron chi connectivity index (χ0n) is 18.6. The van der Waals surface area contributed by atoms with E-state index in [1.165, 1.54) is 6.92 Å². The molecule has 156 valence electrons. The van der Waals surface area contributed by atoms with Crippen LogP contribution in [-0.4, -0.2) is 30.8 Å². The lowest BCUT2D eigenvalue weighted by Crippen LogP contribution is -2.40. The van der Waals surface area contributed by atoms with Crippen LogP contribution in [0.25, 0.3) is 0 Å². The quantitative estimate of drug-likeness (QED) is 0.761. The van der Waals surface area contributed by atoms with Gasteiger partial charge in [-0.15, -0.1) is 0 Å². The van der Waals surface area contributed by atoms with Crippen LogP contribution < -0.4 is 10.2 Å². The Kier molecular flexibility index (Phi) is 7.07. The number of amides is 2. The highest BCUT2D eigenvalue weighted by atomic mass is 16.2. The largest absolute Gasteiger partial charge is 0.377 e. The molecule has 2 amide bonds. The van der Waals surface area contributed by atoms with Crippen molar-refractivity contribution in [1.29, 1.82) is 0 Å². The van der Waals surface area contributed by atoms with Gasteiger partial charge in [0.15, 0.2) is 0 Å². The lowest BCUT2D eigenvalue weighted by Gasteiger charge is -2.35. The molecule has 5 nitrogen and oxygen atoms in total. The molecular formula is C24H33N3O2. The van der Waals surface area contributed by atoms with Crippen molar-refractivity contribution >= 4 is 23.2 Å². The molecule has 2 rings (SSSR count).